The zero-order chi connectivity index (χ0) is 15.5. The summed E-state index contributed by atoms with van der Waals surface area (Å²) < 4.78 is 26.7. The van der Waals surface area contributed by atoms with E-state index >= 15 is 0 Å². The molecule has 0 saturated heterocycles. The minimum Gasteiger partial charge on any atom is -0.389 e. The summed E-state index contributed by atoms with van der Waals surface area (Å²) in [5, 5.41) is 0.352. The van der Waals surface area contributed by atoms with Crippen molar-refractivity contribution < 1.29 is 8.42 Å². The molecular formula is C14H13ClN2O2S2. The summed E-state index contributed by atoms with van der Waals surface area (Å²) in [6, 6.07) is 13.4. The largest absolute Gasteiger partial charge is 0.389 e. The minimum atomic E-state index is -3.54. The fourth-order valence-electron chi connectivity index (χ4n) is 1.73. The average Bonchev–Trinajstić information content (AvgIpc) is 2.41. The van der Waals surface area contributed by atoms with Gasteiger partial charge in [-0.3, -0.25) is 4.72 Å². The Bertz CT molecular complexity index is 759. The molecule has 2 aromatic carbocycles. The molecule has 0 saturated carbocycles. The van der Waals surface area contributed by atoms with Gasteiger partial charge in [0.05, 0.1) is 16.5 Å². The Morgan fingerprint density at radius 1 is 1.14 bits per heavy atom. The Balaban J connectivity index is 2.14. The van der Waals surface area contributed by atoms with E-state index in [0.717, 1.165) is 0 Å². The predicted molar refractivity (Wildman–Crippen MR) is 90.0 cm³/mol. The van der Waals surface area contributed by atoms with Crippen molar-refractivity contribution in [2.24, 2.45) is 5.73 Å². The van der Waals surface area contributed by atoms with E-state index in [0.29, 0.717) is 21.8 Å². The van der Waals surface area contributed by atoms with Crippen LogP contribution in [0.2, 0.25) is 5.02 Å². The number of nitrogens with one attached hydrogen (secondary N) is 1. The molecule has 110 valence electrons. The average molecular weight is 341 g/mol. The van der Waals surface area contributed by atoms with Crippen molar-refractivity contribution in [1.29, 1.82) is 0 Å². The Morgan fingerprint density at radius 2 is 1.76 bits per heavy atom. The van der Waals surface area contributed by atoms with Gasteiger partial charge >= 0.3 is 0 Å². The van der Waals surface area contributed by atoms with Crippen LogP contribution >= 0.6 is 23.8 Å². The standard InChI is InChI=1S/C14H13ClN2O2S2/c15-12-3-1-2-4-13(12)17-21(18,19)9-10-5-7-11(8-6-10)14(16)20/h1-8,17H,9H2,(H2,16,20). The van der Waals surface area contributed by atoms with Crippen molar-refractivity contribution in [3.8, 4) is 0 Å². The first-order chi connectivity index (χ1) is 9.87. The maximum atomic E-state index is 12.1. The Hall–Kier alpha value is -1.63. The zero-order valence-corrected chi connectivity index (χ0v) is 13.3. The summed E-state index contributed by atoms with van der Waals surface area (Å²) in [4.78, 5) is 0.276. The molecule has 0 atom stereocenters. The van der Waals surface area contributed by atoms with Crippen molar-refractivity contribution in [2.45, 2.75) is 5.75 Å². The number of sulfonamides is 1. The molecular weight excluding hydrogens is 328 g/mol. The second-order valence-electron chi connectivity index (χ2n) is 4.40. The third kappa shape index (κ3) is 4.42. The van der Waals surface area contributed by atoms with Crippen LogP contribution in [-0.2, 0) is 15.8 Å². The molecule has 0 aromatic heterocycles. The van der Waals surface area contributed by atoms with Crippen LogP contribution in [0.15, 0.2) is 48.5 Å². The Morgan fingerprint density at radius 3 is 2.33 bits per heavy atom. The van der Waals surface area contributed by atoms with Crippen molar-refractivity contribution in [2.75, 3.05) is 4.72 Å². The monoisotopic (exact) mass is 340 g/mol. The highest BCUT2D eigenvalue weighted by molar-refractivity contribution is 7.91. The van der Waals surface area contributed by atoms with Gasteiger partial charge in [0.15, 0.2) is 0 Å². The molecule has 0 spiro atoms. The number of hydrogen-bond acceptors (Lipinski definition) is 3. The topological polar surface area (TPSA) is 72.2 Å². The zero-order valence-electron chi connectivity index (χ0n) is 10.9. The van der Waals surface area contributed by atoms with Crippen LogP contribution in [0.3, 0.4) is 0 Å². The lowest BCUT2D eigenvalue weighted by Crippen LogP contribution is -2.15. The molecule has 0 aliphatic rings. The van der Waals surface area contributed by atoms with Gasteiger partial charge in [-0.1, -0.05) is 60.2 Å². The minimum absolute atomic E-state index is 0.157. The molecule has 7 heteroatoms. The molecule has 2 rings (SSSR count). The highest BCUT2D eigenvalue weighted by Gasteiger charge is 2.13. The quantitative estimate of drug-likeness (QED) is 0.821. The third-order valence-corrected chi connectivity index (χ3v) is 4.54. The first kappa shape index (κ1) is 15.8. The lowest BCUT2D eigenvalue weighted by atomic mass is 10.1. The van der Waals surface area contributed by atoms with Gasteiger partial charge in [-0.2, -0.15) is 0 Å². The van der Waals surface area contributed by atoms with Crippen LogP contribution in [0, 0.1) is 0 Å². The molecule has 0 radical (unpaired) electrons. The lowest BCUT2D eigenvalue weighted by molar-refractivity contribution is 0.600. The molecule has 0 fully saturated rings. The van der Waals surface area contributed by atoms with Gasteiger partial charge in [-0.05, 0) is 17.7 Å². The van der Waals surface area contributed by atoms with E-state index < -0.39 is 10.0 Å². The van der Waals surface area contributed by atoms with Gasteiger partial charge in [0, 0.05) is 5.56 Å². The number of rotatable bonds is 5. The number of nitrogens with two attached hydrogens (primary N) is 1. The van der Waals surface area contributed by atoms with E-state index in [1.165, 1.54) is 0 Å². The second-order valence-corrected chi connectivity index (χ2v) is 6.97. The van der Waals surface area contributed by atoms with Crippen LogP contribution < -0.4 is 10.5 Å². The first-order valence-electron chi connectivity index (χ1n) is 6.01. The van der Waals surface area contributed by atoms with Crippen molar-refractivity contribution >= 4 is 44.5 Å². The molecule has 0 amide bonds. The number of anilines is 1. The molecule has 0 aliphatic heterocycles. The van der Waals surface area contributed by atoms with Crippen LogP contribution in [0.5, 0.6) is 0 Å². The predicted octanol–water partition coefficient (Wildman–Crippen LogP) is 2.92. The molecule has 3 N–H and O–H groups in total. The Labute approximate surface area is 134 Å². The van der Waals surface area contributed by atoms with Crippen LogP contribution in [0.25, 0.3) is 0 Å². The molecule has 4 nitrogen and oxygen atoms in total. The highest BCUT2D eigenvalue weighted by atomic mass is 35.5. The van der Waals surface area contributed by atoms with E-state index in [-0.39, 0.29) is 10.7 Å². The van der Waals surface area contributed by atoms with E-state index in [2.05, 4.69) is 4.72 Å². The maximum absolute atomic E-state index is 12.1. The number of hydrogen-bond donors (Lipinski definition) is 2. The van der Waals surface area contributed by atoms with Gasteiger partial charge in [0.2, 0.25) is 10.0 Å². The summed E-state index contributed by atoms with van der Waals surface area (Å²) >= 11 is 10.8. The van der Waals surface area contributed by atoms with Gasteiger partial charge in [-0.15, -0.1) is 0 Å². The number of benzene rings is 2. The second kappa shape index (κ2) is 6.43. The lowest BCUT2D eigenvalue weighted by Gasteiger charge is -2.09. The molecule has 0 unspecified atom stereocenters. The normalized spacial score (nSPS) is 11.1. The van der Waals surface area contributed by atoms with Crippen molar-refractivity contribution in [3.05, 3.63) is 64.7 Å². The van der Waals surface area contributed by atoms with E-state index in [1.54, 1.807) is 48.5 Å². The number of halogens is 1. The first-order valence-corrected chi connectivity index (χ1v) is 8.45. The van der Waals surface area contributed by atoms with E-state index in [4.69, 9.17) is 29.6 Å². The summed E-state index contributed by atoms with van der Waals surface area (Å²) in [5.41, 5.74) is 7.19. The molecule has 2 aromatic rings. The van der Waals surface area contributed by atoms with Crippen LogP contribution in [0.1, 0.15) is 11.1 Å². The summed E-state index contributed by atoms with van der Waals surface area (Å²) in [5.74, 6) is -0.157. The van der Waals surface area contributed by atoms with Crippen LogP contribution in [-0.4, -0.2) is 13.4 Å². The summed E-state index contributed by atoms with van der Waals surface area (Å²) in [6.07, 6.45) is 0. The van der Waals surface area contributed by atoms with Crippen LogP contribution in [0.4, 0.5) is 5.69 Å². The summed E-state index contributed by atoms with van der Waals surface area (Å²) in [6.45, 7) is 0. The van der Waals surface area contributed by atoms with Crippen molar-refractivity contribution in [1.82, 2.24) is 0 Å². The van der Waals surface area contributed by atoms with E-state index in [1.807, 2.05) is 0 Å². The molecule has 0 aliphatic carbocycles. The van der Waals surface area contributed by atoms with Crippen molar-refractivity contribution in [3.63, 3.8) is 0 Å². The smallest absolute Gasteiger partial charge is 0.236 e. The molecule has 0 bridgehead atoms. The van der Waals surface area contributed by atoms with Gasteiger partial charge in [0.25, 0.3) is 0 Å². The fraction of sp³-hybridized carbons (Fsp3) is 0.0714. The molecule has 21 heavy (non-hydrogen) atoms. The molecule has 0 heterocycles. The third-order valence-electron chi connectivity index (χ3n) is 2.73. The highest BCUT2D eigenvalue weighted by Crippen LogP contribution is 2.22. The summed E-state index contributed by atoms with van der Waals surface area (Å²) in [7, 11) is -3.54. The SMILES string of the molecule is NC(=S)c1ccc(CS(=O)(=O)Nc2ccccc2Cl)cc1. The maximum Gasteiger partial charge on any atom is 0.236 e. The number of para-hydroxylation sites is 1. The van der Waals surface area contributed by atoms with E-state index in [9.17, 15) is 8.42 Å². The number of thiocarbonyl (C=S) groups is 1. The van der Waals surface area contributed by atoms with Gasteiger partial charge in [0.1, 0.15) is 4.99 Å². The fourth-order valence-corrected chi connectivity index (χ4v) is 3.32. The van der Waals surface area contributed by atoms with Gasteiger partial charge in [-0.25, -0.2) is 8.42 Å². The van der Waals surface area contributed by atoms with Gasteiger partial charge < -0.3 is 5.73 Å². The Kier molecular flexibility index (Phi) is 4.82.